The van der Waals surface area contributed by atoms with E-state index in [1.807, 2.05) is 31.2 Å². The molecule has 2 N–H and O–H groups in total. The van der Waals surface area contributed by atoms with E-state index in [4.69, 9.17) is 16.3 Å². The Bertz CT molecular complexity index is 811. The molecule has 6 nitrogen and oxygen atoms in total. The lowest BCUT2D eigenvalue weighted by atomic mass is 10.1. The summed E-state index contributed by atoms with van der Waals surface area (Å²) in [5.74, 6) is 0.360. The molecular weight excluding hydrogens is 366 g/mol. The Labute approximate surface area is 164 Å². The minimum Gasteiger partial charge on any atom is -0.495 e. The van der Waals surface area contributed by atoms with Crippen LogP contribution in [0.4, 0.5) is 11.4 Å². The van der Waals surface area contributed by atoms with Crippen molar-refractivity contribution >= 4 is 34.8 Å². The van der Waals surface area contributed by atoms with E-state index in [0.717, 1.165) is 11.3 Å². The van der Waals surface area contributed by atoms with Crippen LogP contribution in [-0.4, -0.2) is 36.9 Å². The Hall–Kier alpha value is -2.73. The molecule has 0 heterocycles. The van der Waals surface area contributed by atoms with Crippen molar-refractivity contribution in [3.05, 3.63) is 53.1 Å². The van der Waals surface area contributed by atoms with E-state index in [9.17, 15) is 9.59 Å². The molecule has 0 aliphatic carbocycles. The molecule has 2 amide bonds. The number of para-hydroxylation sites is 1. The first-order valence-electron chi connectivity index (χ1n) is 8.65. The third-order valence-corrected chi connectivity index (χ3v) is 4.38. The lowest BCUT2D eigenvalue weighted by molar-refractivity contribution is -0.129. The molecule has 7 heteroatoms. The van der Waals surface area contributed by atoms with Gasteiger partial charge < -0.3 is 20.3 Å². The number of rotatable bonds is 8. The number of methoxy groups -OCH3 is 1. The van der Waals surface area contributed by atoms with Gasteiger partial charge in [0.25, 0.3) is 0 Å². The molecular formula is C20H24ClN3O3. The van der Waals surface area contributed by atoms with Crippen LogP contribution in [0.3, 0.4) is 0 Å². The van der Waals surface area contributed by atoms with Crippen LogP contribution in [-0.2, 0) is 16.1 Å². The maximum atomic E-state index is 12.2. The van der Waals surface area contributed by atoms with E-state index in [1.165, 1.54) is 7.11 Å². The number of amides is 2. The van der Waals surface area contributed by atoms with E-state index in [1.54, 1.807) is 30.0 Å². The summed E-state index contributed by atoms with van der Waals surface area (Å²) in [5, 5.41) is 6.35. The highest BCUT2D eigenvalue weighted by Crippen LogP contribution is 2.27. The molecule has 0 aliphatic heterocycles. The SMILES string of the molecule is CCN(Cc1ccccc1NCC(=O)Nc1ccc(OC)c(Cl)c1)C(C)=O. The van der Waals surface area contributed by atoms with E-state index >= 15 is 0 Å². The fourth-order valence-corrected chi connectivity index (χ4v) is 2.86. The number of halogens is 1. The summed E-state index contributed by atoms with van der Waals surface area (Å²) in [5.41, 5.74) is 2.37. The topological polar surface area (TPSA) is 70.7 Å². The minimum absolute atomic E-state index is 0.0152. The number of carbonyl (C=O) groups is 2. The van der Waals surface area contributed by atoms with Gasteiger partial charge in [0.05, 0.1) is 18.7 Å². The van der Waals surface area contributed by atoms with Crippen LogP contribution < -0.4 is 15.4 Å². The molecule has 144 valence electrons. The molecule has 0 saturated heterocycles. The lowest BCUT2D eigenvalue weighted by Crippen LogP contribution is -2.28. The Kier molecular flexibility index (Phi) is 7.49. The first-order valence-corrected chi connectivity index (χ1v) is 9.03. The summed E-state index contributed by atoms with van der Waals surface area (Å²) in [6.07, 6.45) is 0. The fraction of sp³-hybridized carbons (Fsp3) is 0.300. The monoisotopic (exact) mass is 389 g/mol. The molecule has 0 radical (unpaired) electrons. The maximum Gasteiger partial charge on any atom is 0.243 e. The number of hydrogen-bond acceptors (Lipinski definition) is 4. The predicted octanol–water partition coefficient (Wildman–Crippen LogP) is 3.77. The van der Waals surface area contributed by atoms with Crippen LogP contribution in [0.25, 0.3) is 0 Å². The second-order valence-electron chi connectivity index (χ2n) is 5.94. The average Bonchev–Trinajstić information content (AvgIpc) is 2.65. The van der Waals surface area contributed by atoms with Crippen molar-refractivity contribution < 1.29 is 14.3 Å². The number of carbonyl (C=O) groups excluding carboxylic acids is 2. The summed E-state index contributed by atoms with van der Waals surface area (Å²) < 4.78 is 5.10. The van der Waals surface area contributed by atoms with Crippen LogP contribution in [0.5, 0.6) is 5.75 Å². The van der Waals surface area contributed by atoms with Crippen molar-refractivity contribution in [1.82, 2.24) is 4.90 Å². The molecule has 0 atom stereocenters. The Balaban J connectivity index is 1.99. The van der Waals surface area contributed by atoms with E-state index < -0.39 is 0 Å². The standard InChI is InChI=1S/C20H24ClN3O3/c1-4-24(14(2)25)13-15-7-5-6-8-18(15)22-12-20(26)23-16-9-10-19(27-3)17(21)11-16/h5-11,22H,4,12-13H2,1-3H3,(H,23,26). The molecule has 0 fully saturated rings. The first-order chi connectivity index (χ1) is 12.9. The van der Waals surface area contributed by atoms with Gasteiger partial charge in [-0.05, 0) is 36.8 Å². The average molecular weight is 390 g/mol. The highest BCUT2D eigenvalue weighted by atomic mass is 35.5. The summed E-state index contributed by atoms with van der Waals surface area (Å²) in [7, 11) is 1.53. The van der Waals surface area contributed by atoms with Gasteiger partial charge in [0.15, 0.2) is 0 Å². The maximum absolute atomic E-state index is 12.2. The Morgan fingerprint density at radius 3 is 2.56 bits per heavy atom. The summed E-state index contributed by atoms with van der Waals surface area (Å²) >= 11 is 6.07. The van der Waals surface area contributed by atoms with Crippen molar-refractivity contribution in [2.24, 2.45) is 0 Å². The molecule has 0 bridgehead atoms. The van der Waals surface area contributed by atoms with Gasteiger partial charge in [0.2, 0.25) is 11.8 Å². The van der Waals surface area contributed by atoms with Crippen molar-refractivity contribution in [3.8, 4) is 5.75 Å². The number of nitrogens with zero attached hydrogens (tertiary/aromatic N) is 1. The molecule has 2 rings (SSSR count). The van der Waals surface area contributed by atoms with Crippen LogP contribution in [0.15, 0.2) is 42.5 Å². The van der Waals surface area contributed by atoms with Crippen LogP contribution in [0.1, 0.15) is 19.4 Å². The van der Waals surface area contributed by atoms with Gasteiger partial charge >= 0.3 is 0 Å². The van der Waals surface area contributed by atoms with Crippen LogP contribution in [0, 0.1) is 0 Å². The van der Waals surface area contributed by atoms with Crippen LogP contribution >= 0.6 is 11.6 Å². The van der Waals surface area contributed by atoms with Crippen molar-refractivity contribution in [2.75, 3.05) is 30.8 Å². The van der Waals surface area contributed by atoms with Crippen molar-refractivity contribution in [2.45, 2.75) is 20.4 Å². The molecule has 0 saturated carbocycles. The van der Waals surface area contributed by atoms with Gasteiger partial charge in [-0.2, -0.15) is 0 Å². The molecule has 0 spiro atoms. The predicted molar refractivity (Wildman–Crippen MR) is 108 cm³/mol. The van der Waals surface area contributed by atoms with Crippen molar-refractivity contribution in [1.29, 1.82) is 0 Å². The van der Waals surface area contributed by atoms with Crippen molar-refractivity contribution in [3.63, 3.8) is 0 Å². The molecule has 27 heavy (non-hydrogen) atoms. The fourth-order valence-electron chi connectivity index (χ4n) is 2.61. The normalized spacial score (nSPS) is 10.2. The number of benzene rings is 2. The quantitative estimate of drug-likeness (QED) is 0.721. The largest absolute Gasteiger partial charge is 0.495 e. The molecule has 0 unspecified atom stereocenters. The van der Waals surface area contributed by atoms with Gasteiger partial charge in [0, 0.05) is 31.4 Å². The molecule has 2 aromatic carbocycles. The second kappa shape index (κ2) is 9.83. The number of hydrogen-bond donors (Lipinski definition) is 2. The zero-order valence-electron chi connectivity index (χ0n) is 15.7. The van der Waals surface area contributed by atoms with E-state index in [2.05, 4.69) is 10.6 Å². The van der Waals surface area contributed by atoms with Gasteiger partial charge in [-0.15, -0.1) is 0 Å². The van der Waals surface area contributed by atoms with Gasteiger partial charge in [0.1, 0.15) is 5.75 Å². The third kappa shape index (κ3) is 5.89. The molecule has 0 aromatic heterocycles. The summed E-state index contributed by atoms with van der Waals surface area (Å²) in [6.45, 7) is 4.69. The smallest absolute Gasteiger partial charge is 0.243 e. The summed E-state index contributed by atoms with van der Waals surface area (Å²) in [6, 6.07) is 12.7. The zero-order chi connectivity index (χ0) is 19.8. The van der Waals surface area contributed by atoms with Gasteiger partial charge in [-0.1, -0.05) is 29.8 Å². The zero-order valence-corrected chi connectivity index (χ0v) is 16.5. The minimum atomic E-state index is -0.204. The number of nitrogens with one attached hydrogen (secondary N) is 2. The van der Waals surface area contributed by atoms with E-state index in [-0.39, 0.29) is 18.4 Å². The highest BCUT2D eigenvalue weighted by Gasteiger charge is 2.11. The third-order valence-electron chi connectivity index (χ3n) is 4.08. The molecule has 2 aromatic rings. The number of ether oxygens (including phenoxy) is 1. The summed E-state index contributed by atoms with van der Waals surface area (Å²) in [4.78, 5) is 25.6. The lowest BCUT2D eigenvalue weighted by Gasteiger charge is -2.21. The Morgan fingerprint density at radius 2 is 1.93 bits per heavy atom. The number of anilines is 2. The second-order valence-corrected chi connectivity index (χ2v) is 6.35. The van der Waals surface area contributed by atoms with Crippen LogP contribution in [0.2, 0.25) is 5.02 Å². The molecule has 0 aliphatic rings. The Morgan fingerprint density at radius 1 is 1.19 bits per heavy atom. The first kappa shape index (κ1) is 20.6. The van der Waals surface area contributed by atoms with E-state index in [0.29, 0.717) is 29.5 Å². The highest BCUT2D eigenvalue weighted by molar-refractivity contribution is 6.32. The van der Waals surface area contributed by atoms with Gasteiger partial charge in [-0.25, -0.2) is 0 Å². The van der Waals surface area contributed by atoms with Gasteiger partial charge in [-0.3, -0.25) is 9.59 Å².